The summed E-state index contributed by atoms with van der Waals surface area (Å²) >= 11 is 0. The van der Waals surface area contributed by atoms with E-state index in [1.807, 2.05) is 30.3 Å². The number of carbonyl (C=O) groups excluding carboxylic acids is 1. The van der Waals surface area contributed by atoms with Crippen LogP contribution in [-0.4, -0.2) is 24.5 Å². The van der Waals surface area contributed by atoms with Gasteiger partial charge in [0.05, 0.1) is 0 Å². The minimum atomic E-state index is -0.0406. The van der Waals surface area contributed by atoms with Crippen molar-refractivity contribution in [3.05, 3.63) is 35.9 Å². The molecule has 18 heavy (non-hydrogen) atoms. The molecule has 3 heteroatoms. The highest BCUT2D eigenvalue weighted by Crippen LogP contribution is 2.42. The summed E-state index contributed by atoms with van der Waals surface area (Å²) < 4.78 is 0. The molecule has 3 nitrogen and oxygen atoms in total. The number of rotatable bonds is 2. The molecule has 2 N–H and O–H groups in total. The standard InChI is InChI=1S/C15H20N2O/c1-15(8-7-12-9-16-10-13(12)15)17-14(18)11-5-3-2-4-6-11/h2-6,12-13,16H,7-10H2,1H3,(H,17,18)/t12-,13+,15+/m1/s1. The zero-order chi connectivity index (χ0) is 12.6. The van der Waals surface area contributed by atoms with Gasteiger partial charge >= 0.3 is 0 Å². The molecule has 2 fully saturated rings. The Morgan fingerprint density at radius 3 is 2.89 bits per heavy atom. The number of hydrogen-bond acceptors (Lipinski definition) is 2. The number of nitrogens with one attached hydrogen (secondary N) is 2. The first-order valence-electron chi connectivity index (χ1n) is 6.77. The van der Waals surface area contributed by atoms with Crippen molar-refractivity contribution in [3.8, 4) is 0 Å². The largest absolute Gasteiger partial charge is 0.347 e. The lowest BCUT2D eigenvalue weighted by Gasteiger charge is -2.32. The van der Waals surface area contributed by atoms with Gasteiger partial charge in [-0.05, 0) is 50.3 Å². The molecule has 3 atom stereocenters. The van der Waals surface area contributed by atoms with Crippen LogP contribution in [0.15, 0.2) is 30.3 Å². The second-order valence-corrected chi connectivity index (χ2v) is 5.80. The zero-order valence-electron chi connectivity index (χ0n) is 10.8. The summed E-state index contributed by atoms with van der Waals surface area (Å²) in [4.78, 5) is 12.3. The second-order valence-electron chi connectivity index (χ2n) is 5.80. The molecule has 1 aromatic carbocycles. The van der Waals surface area contributed by atoms with Crippen molar-refractivity contribution in [2.45, 2.75) is 25.3 Å². The smallest absolute Gasteiger partial charge is 0.251 e. The molecule has 1 amide bonds. The molecule has 3 rings (SSSR count). The van der Waals surface area contributed by atoms with Crippen LogP contribution in [0.5, 0.6) is 0 Å². The zero-order valence-corrected chi connectivity index (χ0v) is 10.8. The summed E-state index contributed by atoms with van der Waals surface area (Å²) in [6.45, 7) is 4.35. The summed E-state index contributed by atoms with van der Waals surface area (Å²) in [5.41, 5.74) is 0.717. The third-order valence-corrected chi connectivity index (χ3v) is 4.63. The maximum Gasteiger partial charge on any atom is 0.251 e. The van der Waals surface area contributed by atoms with Gasteiger partial charge in [-0.3, -0.25) is 4.79 Å². The van der Waals surface area contributed by atoms with Crippen LogP contribution in [0.2, 0.25) is 0 Å². The number of amides is 1. The number of fused-ring (bicyclic) bond motifs is 1. The van der Waals surface area contributed by atoms with Gasteiger partial charge in [0.25, 0.3) is 5.91 Å². The van der Waals surface area contributed by atoms with E-state index in [1.165, 1.54) is 6.42 Å². The van der Waals surface area contributed by atoms with E-state index in [1.54, 1.807) is 0 Å². The molecule has 1 saturated carbocycles. The second kappa shape index (κ2) is 4.39. The molecule has 96 valence electrons. The highest BCUT2D eigenvalue weighted by molar-refractivity contribution is 5.94. The van der Waals surface area contributed by atoms with Crippen LogP contribution in [0.1, 0.15) is 30.1 Å². The molecule has 0 unspecified atom stereocenters. The molecular formula is C15H20N2O. The molecule has 2 aliphatic rings. The van der Waals surface area contributed by atoms with E-state index in [9.17, 15) is 4.79 Å². The summed E-state index contributed by atoms with van der Waals surface area (Å²) in [7, 11) is 0. The van der Waals surface area contributed by atoms with Gasteiger partial charge in [0.15, 0.2) is 0 Å². The van der Waals surface area contributed by atoms with E-state index >= 15 is 0 Å². The molecule has 1 aromatic rings. The van der Waals surface area contributed by atoms with E-state index in [0.29, 0.717) is 5.92 Å². The third kappa shape index (κ3) is 1.93. The Morgan fingerprint density at radius 1 is 1.33 bits per heavy atom. The summed E-state index contributed by atoms with van der Waals surface area (Å²) in [5, 5.41) is 6.71. The van der Waals surface area contributed by atoms with Gasteiger partial charge in [-0.1, -0.05) is 18.2 Å². The molecule has 0 spiro atoms. The Morgan fingerprint density at radius 2 is 2.11 bits per heavy atom. The number of benzene rings is 1. The normalized spacial score (nSPS) is 34.3. The SMILES string of the molecule is C[C@]1(NC(=O)c2ccccc2)CC[C@@H]2CNC[C@@H]21. The fourth-order valence-electron chi connectivity index (χ4n) is 3.53. The number of hydrogen-bond donors (Lipinski definition) is 2. The maximum absolute atomic E-state index is 12.3. The average Bonchev–Trinajstić information content (AvgIpc) is 2.96. The lowest BCUT2D eigenvalue weighted by atomic mass is 9.86. The molecule has 1 aliphatic carbocycles. The highest BCUT2D eigenvalue weighted by atomic mass is 16.1. The molecule has 0 radical (unpaired) electrons. The summed E-state index contributed by atoms with van der Waals surface area (Å²) in [6, 6.07) is 9.50. The monoisotopic (exact) mass is 244 g/mol. The first kappa shape index (κ1) is 11.7. The van der Waals surface area contributed by atoms with E-state index in [-0.39, 0.29) is 11.4 Å². The molecule has 1 saturated heterocycles. The van der Waals surface area contributed by atoms with Gasteiger partial charge < -0.3 is 10.6 Å². The van der Waals surface area contributed by atoms with Crippen LogP contribution in [0.3, 0.4) is 0 Å². The van der Waals surface area contributed by atoms with Crippen molar-refractivity contribution in [3.63, 3.8) is 0 Å². The van der Waals surface area contributed by atoms with Gasteiger partial charge in [-0.15, -0.1) is 0 Å². The molecule has 1 aliphatic heterocycles. The van der Waals surface area contributed by atoms with Gasteiger partial charge in [0, 0.05) is 17.6 Å². The highest BCUT2D eigenvalue weighted by Gasteiger charge is 2.48. The Labute approximate surface area is 108 Å². The number of carbonyl (C=O) groups is 1. The minimum Gasteiger partial charge on any atom is -0.347 e. The third-order valence-electron chi connectivity index (χ3n) is 4.63. The van der Waals surface area contributed by atoms with Crippen LogP contribution in [0, 0.1) is 11.8 Å². The maximum atomic E-state index is 12.3. The van der Waals surface area contributed by atoms with E-state index < -0.39 is 0 Å². The Balaban J connectivity index is 1.74. The lowest BCUT2D eigenvalue weighted by Crippen LogP contribution is -2.50. The summed E-state index contributed by atoms with van der Waals surface area (Å²) in [6.07, 6.45) is 2.33. The predicted octanol–water partition coefficient (Wildman–Crippen LogP) is 1.80. The van der Waals surface area contributed by atoms with Gasteiger partial charge in [-0.25, -0.2) is 0 Å². The first-order valence-corrected chi connectivity index (χ1v) is 6.77. The van der Waals surface area contributed by atoms with Crippen LogP contribution in [0.25, 0.3) is 0 Å². The predicted molar refractivity (Wildman–Crippen MR) is 71.4 cm³/mol. The fourth-order valence-corrected chi connectivity index (χ4v) is 3.53. The minimum absolute atomic E-state index is 0.0406. The quantitative estimate of drug-likeness (QED) is 0.833. The average molecular weight is 244 g/mol. The molecule has 0 aromatic heterocycles. The lowest BCUT2D eigenvalue weighted by molar-refractivity contribution is 0.0883. The van der Waals surface area contributed by atoms with Crippen LogP contribution in [-0.2, 0) is 0 Å². The van der Waals surface area contributed by atoms with Crippen LogP contribution >= 0.6 is 0 Å². The Hall–Kier alpha value is -1.35. The van der Waals surface area contributed by atoms with E-state index in [4.69, 9.17) is 0 Å². The molecular weight excluding hydrogens is 224 g/mol. The molecule has 0 bridgehead atoms. The van der Waals surface area contributed by atoms with Crippen LogP contribution < -0.4 is 10.6 Å². The fraction of sp³-hybridized carbons (Fsp3) is 0.533. The van der Waals surface area contributed by atoms with Crippen molar-refractivity contribution in [2.24, 2.45) is 11.8 Å². The topological polar surface area (TPSA) is 41.1 Å². The molecule has 1 heterocycles. The van der Waals surface area contributed by atoms with E-state index in [2.05, 4.69) is 17.6 Å². The van der Waals surface area contributed by atoms with E-state index in [0.717, 1.165) is 31.0 Å². The Bertz CT molecular complexity index is 445. The van der Waals surface area contributed by atoms with Crippen molar-refractivity contribution in [2.75, 3.05) is 13.1 Å². The van der Waals surface area contributed by atoms with Crippen molar-refractivity contribution in [1.82, 2.24) is 10.6 Å². The van der Waals surface area contributed by atoms with Crippen molar-refractivity contribution >= 4 is 5.91 Å². The summed E-state index contributed by atoms with van der Waals surface area (Å²) in [5.74, 6) is 1.39. The van der Waals surface area contributed by atoms with Gasteiger partial charge in [-0.2, -0.15) is 0 Å². The van der Waals surface area contributed by atoms with Crippen molar-refractivity contribution in [1.29, 1.82) is 0 Å². The first-order chi connectivity index (χ1) is 8.69. The Kier molecular flexibility index (Phi) is 2.86. The van der Waals surface area contributed by atoms with Crippen LogP contribution in [0.4, 0.5) is 0 Å². The van der Waals surface area contributed by atoms with Crippen molar-refractivity contribution < 1.29 is 4.79 Å². The van der Waals surface area contributed by atoms with Gasteiger partial charge in [0.2, 0.25) is 0 Å². The van der Waals surface area contributed by atoms with Gasteiger partial charge in [0.1, 0.15) is 0 Å².